The Morgan fingerprint density at radius 1 is 1.58 bits per heavy atom. The van der Waals surface area contributed by atoms with E-state index in [0.29, 0.717) is 6.54 Å². The van der Waals surface area contributed by atoms with Crippen LogP contribution < -0.4 is 5.32 Å². The van der Waals surface area contributed by atoms with Gasteiger partial charge < -0.3 is 5.32 Å². The third-order valence-electron chi connectivity index (χ3n) is 2.20. The number of benzene rings is 1. The van der Waals surface area contributed by atoms with Crippen molar-refractivity contribution in [1.29, 1.82) is 0 Å². The minimum absolute atomic E-state index is 0.0394. The van der Waals surface area contributed by atoms with Crippen LogP contribution in [0.5, 0.6) is 0 Å². The molecular weight excluding hydrogens is 221 g/mol. The number of para-hydroxylation sites is 1. The summed E-state index contributed by atoms with van der Waals surface area (Å²) in [6.45, 7) is 0.435. The second-order valence-electron chi connectivity index (χ2n) is 2.94. The first-order chi connectivity index (χ1) is 5.83. The summed E-state index contributed by atoms with van der Waals surface area (Å²) >= 11 is 3.42. The molecule has 1 N–H and O–H groups in total. The average Bonchev–Trinajstić information content (AvgIpc) is 2.49. The molecule has 0 radical (unpaired) electrons. The zero-order chi connectivity index (χ0) is 8.55. The lowest BCUT2D eigenvalue weighted by Crippen LogP contribution is -2.02. The number of fused-ring (bicyclic) bond motifs is 1. The van der Waals surface area contributed by atoms with Crippen molar-refractivity contribution in [3.63, 3.8) is 0 Å². The van der Waals surface area contributed by atoms with E-state index in [2.05, 4.69) is 21.2 Å². The van der Waals surface area contributed by atoms with Crippen molar-refractivity contribution in [2.75, 3.05) is 18.5 Å². The third-order valence-corrected chi connectivity index (χ3v) is 2.86. The maximum Gasteiger partial charge on any atom is 0.0980 e. The number of halogens is 2. The fourth-order valence-electron chi connectivity index (χ4n) is 1.54. The standard InChI is InChI=1S/C9H9BrFN/c10-8-3-1-2-7-6(4-11)5-12-9(7)8/h1-3,6,12H,4-5H2. The Balaban J connectivity index is 2.46. The van der Waals surface area contributed by atoms with Crippen LogP contribution in [0, 0.1) is 0 Å². The van der Waals surface area contributed by atoms with E-state index in [1.165, 1.54) is 0 Å². The number of hydrogen-bond donors (Lipinski definition) is 1. The van der Waals surface area contributed by atoms with Crippen molar-refractivity contribution in [3.8, 4) is 0 Å². The van der Waals surface area contributed by atoms with Gasteiger partial charge in [-0.05, 0) is 27.6 Å². The summed E-state index contributed by atoms with van der Waals surface area (Å²) in [6.07, 6.45) is 0. The molecule has 1 aromatic rings. The van der Waals surface area contributed by atoms with Gasteiger partial charge in [-0.25, -0.2) is 0 Å². The first-order valence-corrected chi connectivity index (χ1v) is 4.70. The highest BCUT2D eigenvalue weighted by atomic mass is 79.9. The first kappa shape index (κ1) is 8.05. The van der Waals surface area contributed by atoms with Gasteiger partial charge in [0.1, 0.15) is 0 Å². The molecule has 0 aliphatic carbocycles. The van der Waals surface area contributed by atoms with Gasteiger partial charge in [-0.1, -0.05) is 12.1 Å². The quantitative estimate of drug-likeness (QED) is 0.782. The molecule has 1 heterocycles. The van der Waals surface area contributed by atoms with Crippen molar-refractivity contribution in [3.05, 3.63) is 28.2 Å². The Morgan fingerprint density at radius 2 is 2.42 bits per heavy atom. The molecule has 0 amide bonds. The van der Waals surface area contributed by atoms with E-state index in [4.69, 9.17) is 0 Å². The Morgan fingerprint density at radius 3 is 3.17 bits per heavy atom. The summed E-state index contributed by atoms with van der Waals surface area (Å²) in [5.74, 6) is 0.0394. The SMILES string of the molecule is FCC1CNc2c(Br)cccc21. The van der Waals surface area contributed by atoms with E-state index in [1.54, 1.807) is 0 Å². The minimum atomic E-state index is -0.281. The lowest BCUT2D eigenvalue weighted by molar-refractivity contribution is 0.447. The van der Waals surface area contributed by atoms with Gasteiger partial charge >= 0.3 is 0 Å². The van der Waals surface area contributed by atoms with Crippen LogP contribution in [0.25, 0.3) is 0 Å². The fourth-order valence-corrected chi connectivity index (χ4v) is 2.06. The molecule has 0 aromatic heterocycles. The molecule has 1 unspecified atom stereocenters. The number of alkyl halides is 1. The number of nitrogens with one attached hydrogen (secondary N) is 1. The Hall–Kier alpha value is -0.570. The molecule has 1 aromatic carbocycles. The van der Waals surface area contributed by atoms with Gasteiger partial charge in [0.25, 0.3) is 0 Å². The van der Waals surface area contributed by atoms with Crippen molar-refractivity contribution in [2.45, 2.75) is 5.92 Å². The van der Waals surface area contributed by atoms with Crippen LogP contribution >= 0.6 is 15.9 Å². The van der Waals surface area contributed by atoms with Crippen molar-refractivity contribution < 1.29 is 4.39 Å². The van der Waals surface area contributed by atoms with Crippen LogP contribution in [0.2, 0.25) is 0 Å². The highest BCUT2D eigenvalue weighted by Crippen LogP contribution is 2.36. The summed E-state index contributed by atoms with van der Waals surface area (Å²) < 4.78 is 13.5. The van der Waals surface area contributed by atoms with Gasteiger partial charge in [-0.15, -0.1) is 0 Å². The van der Waals surface area contributed by atoms with Crippen LogP contribution in [-0.2, 0) is 0 Å². The van der Waals surface area contributed by atoms with Gasteiger partial charge in [0, 0.05) is 16.9 Å². The molecule has 1 aliphatic heterocycles. The second kappa shape index (κ2) is 3.05. The fraction of sp³-hybridized carbons (Fsp3) is 0.333. The average molecular weight is 230 g/mol. The normalized spacial score (nSPS) is 20.3. The summed E-state index contributed by atoms with van der Waals surface area (Å²) in [7, 11) is 0. The number of rotatable bonds is 1. The van der Waals surface area contributed by atoms with Crippen LogP contribution in [0.1, 0.15) is 11.5 Å². The van der Waals surface area contributed by atoms with Gasteiger partial charge in [0.2, 0.25) is 0 Å². The van der Waals surface area contributed by atoms with Crippen molar-refractivity contribution >= 4 is 21.6 Å². The van der Waals surface area contributed by atoms with Gasteiger partial charge in [0.15, 0.2) is 0 Å². The lowest BCUT2D eigenvalue weighted by atomic mass is 10.0. The first-order valence-electron chi connectivity index (χ1n) is 3.91. The van der Waals surface area contributed by atoms with Crippen LogP contribution in [0.3, 0.4) is 0 Å². The molecule has 1 aliphatic rings. The van der Waals surface area contributed by atoms with E-state index in [1.807, 2.05) is 18.2 Å². The summed E-state index contributed by atoms with van der Waals surface area (Å²) in [5, 5.41) is 3.18. The molecule has 2 rings (SSSR count). The summed E-state index contributed by atoms with van der Waals surface area (Å²) in [6, 6.07) is 5.88. The third kappa shape index (κ3) is 1.12. The zero-order valence-electron chi connectivity index (χ0n) is 6.48. The maximum atomic E-state index is 12.5. The predicted molar refractivity (Wildman–Crippen MR) is 51.3 cm³/mol. The molecule has 12 heavy (non-hydrogen) atoms. The predicted octanol–water partition coefficient (Wildman–Crippen LogP) is 2.93. The van der Waals surface area contributed by atoms with Crippen LogP contribution in [-0.4, -0.2) is 13.2 Å². The molecule has 0 saturated carbocycles. The maximum absolute atomic E-state index is 12.5. The van der Waals surface area contributed by atoms with Crippen LogP contribution in [0.4, 0.5) is 10.1 Å². The highest BCUT2D eigenvalue weighted by Gasteiger charge is 2.22. The molecule has 0 fully saturated rings. The van der Waals surface area contributed by atoms with Gasteiger partial charge in [-0.2, -0.15) is 0 Å². The number of anilines is 1. The van der Waals surface area contributed by atoms with Crippen LogP contribution in [0.15, 0.2) is 22.7 Å². The Kier molecular flexibility index (Phi) is 2.05. The van der Waals surface area contributed by atoms with E-state index >= 15 is 0 Å². The molecule has 64 valence electrons. The largest absolute Gasteiger partial charge is 0.383 e. The molecule has 3 heteroatoms. The molecule has 0 spiro atoms. The molecule has 1 nitrogen and oxygen atoms in total. The van der Waals surface area contributed by atoms with E-state index < -0.39 is 0 Å². The smallest absolute Gasteiger partial charge is 0.0980 e. The van der Waals surface area contributed by atoms with Gasteiger partial charge in [0.05, 0.1) is 12.4 Å². The van der Waals surface area contributed by atoms with Gasteiger partial charge in [-0.3, -0.25) is 4.39 Å². The lowest BCUT2D eigenvalue weighted by Gasteiger charge is -2.03. The second-order valence-corrected chi connectivity index (χ2v) is 3.79. The van der Waals surface area contributed by atoms with E-state index in [-0.39, 0.29) is 12.6 Å². The van der Waals surface area contributed by atoms with E-state index in [9.17, 15) is 4.39 Å². The molecule has 0 saturated heterocycles. The topological polar surface area (TPSA) is 12.0 Å². The number of hydrogen-bond acceptors (Lipinski definition) is 1. The van der Waals surface area contributed by atoms with Crippen molar-refractivity contribution in [1.82, 2.24) is 0 Å². The monoisotopic (exact) mass is 229 g/mol. The zero-order valence-corrected chi connectivity index (χ0v) is 8.07. The molecule has 0 bridgehead atoms. The minimum Gasteiger partial charge on any atom is -0.383 e. The Bertz CT molecular complexity index is 301. The highest BCUT2D eigenvalue weighted by molar-refractivity contribution is 9.10. The molecular formula is C9H9BrFN. The molecule has 1 atom stereocenters. The summed E-state index contributed by atoms with van der Waals surface area (Å²) in [4.78, 5) is 0. The summed E-state index contributed by atoms with van der Waals surface area (Å²) in [5.41, 5.74) is 2.15. The van der Waals surface area contributed by atoms with E-state index in [0.717, 1.165) is 15.7 Å². The Labute approximate surface area is 79.1 Å². The van der Waals surface area contributed by atoms with Crippen molar-refractivity contribution in [2.24, 2.45) is 0 Å².